The van der Waals surface area contributed by atoms with E-state index in [2.05, 4.69) is 30.1 Å². The highest BCUT2D eigenvalue weighted by molar-refractivity contribution is 5.28. The molecule has 0 atom stereocenters. The Bertz CT molecular complexity index is 481. The van der Waals surface area contributed by atoms with Gasteiger partial charge in [-0.15, -0.1) is 0 Å². The van der Waals surface area contributed by atoms with E-state index in [-0.39, 0.29) is 5.54 Å². The minimum Gasteiger partial charge on any atom is -0.379 e. The van der Waals surface area contributed by atoms with Crippen molar-refractivity contribution in [3.05, 3.63) is 23.5 Å². The van der Waals surface area contributed by atoms with Crippen LogP contribution in [0.25, 0.3) is 0 Å². The number of ether oxygens (including phenoxy) is 1. The lowest BCUT2D eigenvalue weighted by Crippen LogP contribution is -2.54. The van der Waals surface area contributed by atoms with Gasteiger partial charge in [0, 0.05) is 45.0 Å². The van der Waals surface area contributed by atoms with Crippen molar-refractivity contribution in [1.29, 1.82) is 5.26 Å². The smallest absolute Gasteiger partial charge is 0.120 e. The summed E-state index contributed by atoms with van der Waals surface area (Å²) in [5.74, 6) is 0. The Labute approximate surface area is 121 Å². The van der Waals surface area contributed by atoms with Crippen LogP contribution in [0.3, 0.4) is 0 Å². The van der Waals surface area contributed by atoms with E-state index in [1.54, 1.807) is 0 Å². The van der Waals surface area contributed by atoms with Crippen molar-refractivity contribution in [3.8, 4) is 6.07 Å². The largest absolute Gasteiger partial charge is 0.379 e. The molecule has 5 nitrogen and oxygen atoms in total. The molecule has 1 aliphatic rings. The Kier molecular flexibility index (Phi) is 4.81. The number of nitriles is 1. The van der Waals surface area contributed by atoms with Crippen molar-refractivity contribution in [2.75, 3.05) is 32.8 Å². The number of aryl methyl sites for hydroxylation is 1. The van der Waals surface area contributed by atoms with E-state index in [1.165, 1.54) is 0 Å². The molecule has 0 aliphatic carbocycles. The van der Waals surface area contributed by atoms with Crippen molar-refractivity contribution in [2.45, 2.75) is 25.9 Å². The van der Waals surface area contributed by atoms with Gasteiger partial charge in [-0.1, -0.05) is 0 Å². The van der Waals surface area contributed by atoms with Crippen molar-refractivity contribution >= 4 is 0 Å². The lowest BCUT2D eigenvalue weighted by molar-refractivity contribution is -0.00966. The normalized spacial score (nSPS) is 17.1. The Balaban J connectivity index is 1.83. The Morgan fingerprint density at radius 3 is 2.70 bits per heavy atom. The molecule has 5 heteroatoms. The minimum atomic E-state index is 0.122. The van der Waals surface area contributed by atoms with Crippen molar-refractivity contribution < 1.29 is 4.74 Å². The third-order valence-electron chi connectivity index (χ3n) is 3.93. The molecule has 1 aromatic heterocycles. The first-order valence-electron chi connectivity index (χ1n) is 7.12. The molecule has 1 aromatic rings. The van der Waals surface area contributed by atoms with E-state index in [0.717, 1.165) is 45.0 Å². The van der Waals surface area contributed by atoms with Crippen molar-refractivity contribution in [3.63, 3.8) is 0 Å². The van der Waals surface area contributed by atoms with Crippen LogP contribution in [0.1, 0.15) is 25.1 Å². The van der Waals surface area contributed by atoms with Gasteiger partial charge in [0.1, 0.15) is 11.8 Å². The number of morpholine rings is 1. The monoisotopic (exact) mass is 276 g/mol. The first-order chi connectivity index (χ1) is 9.53. The zero-order valence-electron chi connectivity index (χ0n) is 12.6. The molecule has 0 spiro atoms. The SMILES string of the molecule is Cn1cc(CNCC(C)(C)N2CCOCC2)cc1C#N. The standard InChI is InChI=1S/C15H24N4O/c1-15(2,19-4-6-20-7-5-19)12-17-10-13-8-14(9-16)18(3)11-13/h8,11,17H,4-7,10,12H2,1-3H3. The molecule has 1 fully saturated rings. The first-order valence-corrected chi connectivity index (χ1v) is 7.12. The van der Waals surface area contributed by atoms with E-state index in [9.17, 15) is 0 Å². The molecule has 1 saturated heterocycles. The predicted molar refractivity (Wildman–Crippen MR) is 78.3 cm³/mol. The summed E-state index contributed by atoms with van der Waals surface area (Å²) in [7, 11) is 1.90. The molecule has 110 valence electrons. The van der Waals surface area contributed by atoms with Gasteiger partial charge in [0.05, 0.1) is 13.2 Å². The zero-order chi connectivity index (χ0) is 14.6. The summed E-state index contributed by atoms with van der Waals surface area (Å²) in [6.07, 6.45) is 2.01. The van der Waals surface area contributed by atoms with Crippen molar-refractivity contribution in [2.24, 2.45) is 7.05 Å². The Morgan fingerprint density at radius 2 is 2.10 bits per heavy atom. The molecular weight excluding hydrogens is 252 g/mol. The molecule has 1 aliphatic heterocycles. The fraction of sp³-hybridized carbons (Fsp3) is 0.667. The second kappa shape index (κ2) is 6.40. The van der Waals surface area contributed by atoms with E-state index < -0.39 is 0 Å². The molecule has 0 saturated carbocycles. The summed E-state index contributed by atoms with van der Waals surface area (Å²) in [5, 5.41) is 12.4. The second-order valence-electron chi connectivity index (χ2n) is 5.97. The van der Waals surface area contributed by atoms with E-state index in [4.69, 9.17) is 10.00 Å². The summed E-state index contributed by atoms with van der Waals surface area (Å²) in [6.45, 7) is 9.89. The van der Waals surface area contributed by atoms with Crippen LogP contribution in [0, 0.1) is 11.3 Å². The highest BCUT2D eigenvalue weighted by Crippen LogP contribution is 2.15. The number of rotatable bonds is 5. The molecule has 20 heavy (non-hydrogen) atoms. The molecule has 0 radical (unpaired) electrons. The highest BCUT2D eigenvalue weighted by Gasteiger charge is 2.27. The summed E-state index contributed by atoms with van der Waals surface area (Å²) < 4.78 is 7.27. The number of hydrogen-bond donors (Lipinski definition) is 1. The molecule has 0 bridgehead atoms. The van der Waals surface area contributed by atoms with Gasteiger partial charge < -0.3 is 14.6 Å². The number of nitrogens with one attached hydrogen (secondary N) is 1. The average molecular weight is 276 g/mol. The lowest BCUT2D eigenvalue weighted by atomic mass is 10.0. The molecule has 2 rings (SSSR count). The topological polar surface area (TPSA) is 53.2 Å². The van der Waals surface area contributed by atoms with Crippen LogP contribution in [0.2, 0.25) is 0 Å². The molecule has 1 N–H and O–H groups in total. The van der Waals surface area contributed by atoms with Crippen LogP contribution in [0.15, 0.2) is 12.3 Å². The Morgan fingerprint density at radius 1 is 1.40 bits per heavy atom. The van der Waals surface area contributed by atoms with Crippen LogP contribution >= 0.6 is 0 Å². The summed E-state index contributed by atoms with van der Waals surface area (Å²) in [6, 6.07) is 4.13. The number of hydrogen-bond acceptors (Lipinski definition) is 4. The van der Waals surface area contributed by atoms with Gasteiger partial charge in [0.2, 0.25) is 0 Å². The summed E-state index contributed by atoms with van der Waals surface area (Å²) in [5.41, 5.74) is 1.98. The third kappa shape index (κ3) is 3.60. The summed E-state index contributed by atoms with van der Waals surface area (Å²) in [4.78, 5) is 2.47. The maximum absolute atomic E-state index is 8.95. The molecule has 0 aromatic carbocycles. The molecular formula is C15H24N4O. The molecule has 2 heterocycles. The van der Waals surface area contributed by atoms with Crippen LogP contribution in [0.5, 0.6) is 0 Å². The molecule has 0 unspecified atom stereocenters. The lowest BCUT2D eigenvalue weighted by Gasteiger charge is -2.41. The van der Waals surface area contributed by atoms with Crippen LogP contribution in [-0.2, 0) is 18.3 Å². The zero-order valence-corrected chi connectivity index (χ0v) is 12.6. The van der Waals surface area contributed by atoms with Gasteiger partial charge in [-0.05, 0) is 25.5 Å². The van der Waals surface area contributed by atoms with Gasteiger partial charge in [0.15, 0.2) is 0 Å². The van der Waals surface area contributed by atoms with E-state index in [0.29, 0.717) is 5.69 Å². The van der Waals surface area contributed by atoms with E-state index in [1.807, 2.05) is 23.9 Å². The maximum Gasteiger partial charge on any atom is 0.120 e. The van der Waals surface area contributed by atoms with Crippen LogP contribution in [-0.4, -0.2) is 47.9 Å². The average Bonchev–Trinajstić information content (AvgIpc) is 2.80. The van der Waals surface area contributed by atoms with Gasteiger partial charge in [0.25, 0.3) is 0 Å². The van der Waals surface area contributed by atoms with Gasteiger partial charge in [-0.3, -0.25) is 4.90 Å². The van der Waals surface area contributed by atoms with E-state index >= 15 is 0 Å². The summed E-state index contributed by atoms with van der Waals surface area (Å²) >= 11 is 0. The van der Waals surface area contributed by atoms with Gasteiger partial charge in [-0.2, -0.15) is 5.26 Å². The second-order valence-corrected chi connectivity index (χ2v) is 5.97. The first kappa shape index (κ1) is 15.0. The van der Waals surface area contributed by atoms with Gasteiger partial charge in [-0.25, -0.2) is 0 Å². The van der Waals surface area contributed by atoms with Gasteiger partial charge >= 0.3 is 0 Å². The van der Waals surface area contributed by atoms with Crippen LogP contribution < -0.4 is 5.32 Å². The highest BCUT2D eigenvalue weighted by atomic mass is 16.5. The van der Waals surface area contributed by atoms with Crippen molar-refractivity contribution in [1.82, 2.24) is 14.8 Å². The number of nitrogens with zero attached hydrogens (tertiary/aromatic N) is 3. The van der Waals surface area contributed by atoms with Crippen LogP contribution in [0.4, 0.5) is 0 Å². The third-order valence-corrected chi connectivity index (χ3v) is 3.93. The predicted octanol–water partition coefficient (Wildman–Crippen LogP) is 1.10. The minimum absolute atomic E-state index is 0.122. The number of aromatic nitrogens is 1. The maximum atomic E-state index is 8.95. The fourth-order valence-electron chi connectivity index (χ4n) is 2.63. The Hall–Kier alpha value is -1.35. The quantitative estimate of drug-likeness (QED) is 0.875. The fourth-order valence-corrected chi connectivity index (χ4v) is 2.63. The molecule has 0 amide bonds.